The van der Waals surface area contributed by atoms with Crippen molar-refractivity contribution in [1.29, 1.82) is 0 Å². The van der Waals surface area contributed by atoms with Crippen molar-refractivity contribution in [2.24, 2.45) is 0 Å². The molecular formula is C16H21FN4O3S. The molecule has 2 amide bonds. The summed E-state index contributed by atoms with van der Waals surface area (Å²) in [6, 6.07) is 6.00. The summed E-state index contributed by atoms with van der Waals surface area (Å²) in [5.41, 5.74) is 5.86. The molecule has 1 aliphatic rings. The monoisotopic (exact) mass is 368 g/mol. The minimum atomic E-state index is -0.326. The standard InChI is InChI=1S/C16H21FN4O3S/c17-13-3-1-12(2-4-13)11-18-16(25)20-19-14(22)5-6-15(23)21-7-9-24-10-8-21/h1-4H,5-11H2,(H,19,22)(H2,18,20,25). The van der Waals surface area contributed by atoms with E-state index in [-0.39, 0.29) is 35.6 Å². The molecule has 0 aromatic heterocycles. The fourth-order valence-electron chi connectivity index (χ4n) is 2.21. The number of carbonyl (C=O) groups excluding carboxylic acids is 2. The molecular weight excluding hydrogens is 347 g/mol. The number of nitrogens with zero attached hydrogens (tertiary/aromatic N) is 1. The number of thiocarbonyl (C=S) groups is 1. The Bertz CT molecular complexity index is 606. The molecule has 0 spiro atoms. The summed E-state index contributed by atoms with van der Waals surface area (Å²) in [5.74, 6) is -0.689. The van der Waals surface area contributed by atoms with E-state index in [9.17, 15) is 14.0 Å². The van der Waals surface area contributed by atoms with E-state index < -0.39 is 0 Å². The van der Waals surface area contributed by atoms with Gasteiger partial charge in [0.2, 0.25) is 11.8 Å². The number of nitrogens with one attached hydrogen (secondary N) is 3. The highest BCUT2D eigenvalue weighted by Crippen LogP contribution is 2.03. The van der Waals surface area contributed by atoms with E-state index >= 15 is 0 Å². The average Bonchev–Trinajstić information content (AvgIpc) is 2.64. The summed E-state index contributed by atoms with van der Waals surface area (Å²) in [4.78, 5) is 25.4. The van der Waals surface area contributed by atoms with Crippen molar-refractivity contribution >= 4 is 29.1 Å². The van der Waals surface area contributed by atoms with E-state index in [2.05, 4.69) is 16.2 Å². The number of morpholine rings is 1. The zero-order valence-electron chi connectivity index (χ0n) is 13.7. The van der Waals surface area contributed by atoms with Crippen molar-refractivity contribution in [3.63, 3.8) is 0 Å². The average molecular weight is 368 g/mol. The van der Waals surface area contributed by atoms with Gasteiger partial charge in [0.05, 0.1) is 13.2 Å². The predicted octanol–water partition coefficient (Wildman–Crippen LogP) is 0.460. The van der Waals surface area contributed by atoms with Crippen LogP contribution >= 0.6 is 12.2 Å². The molecule has 0 bridgehead atoms. The van der Waals surface area contributed by atoms with Crippen LogP contribution in [-0.2, 0) is 20.9 Å². The lowest BCUT2D eigenvalue weighted by Gasteiger charge is -2.26. The molecule has 0 aliphatic carbocycles. The summed E-state index contributed by atoms with van der Waals surface area (Å²) in [6.07, 6.45) is 0.215. The topological polar surface area (TPSA) is 82.7 Å². The number of rotatable bonds is 5. The van der Waals surface area contributed by atoms with Crippen molar-refractivity contribution in [2.45, 2.75) is 19.4 Å². The van der Waals surface area contributed by atoms with Crippen molar-refractivity contribution in [2.75, 3.05) is 26.3 Å². The van der Waals surface area contributed by atoms with Crippen molar-refractivity contribution in [1.82, 2.24) is 21.1 Å². The van der Waals surface area contributed by atoms with Crippen LogP contribution in [0.25, 0.3) is 0 Å². The second-order valence-corrected chi connectivity index (χ2v) is 5.88. The maximum Gasteiger partial charge on any atom is 0.238 e. The molecule has 0 unspecified atom stereocenters. The molecule has 1 aromatic carbocycles. The van der Waals surface area contributed by atoms with E-state index in [0.717, 1.165) is 5.56 Å². The van der Waals surface area contributed by atoms with Gasteiger partial charge in [0.15, 0.2) is 5.11 Å². The Morgan fingerprint density at radius 2 is 1.80 bits per heavy atom. The van der Waals surface area contributed by atoms with Crippen molar-refractivity contribution < 1.29 is 18.7 Å². The van der Waals surface area contributed by atoms with Gasteiger partial charge >= 0.3 is 0 Å². The van der Waals surface area contributed by atoms with Gasteiger partial charge in [-0.15, -0.1) is 0 Å². The Balaban J connectivity index is 1.59. The number of hydrazine groups is 1. The highest BCUT2D eigenvalue weighted by Gasteiger charge is 2.17. The van der Waals surface area contributed by atoms with Gasteiger partial charge in [-0.2, -0.15) is 0 Å². The quantitative estimate of drug-likeness (QED) is 0.517. The van der Waals surface area contributed by atoms with Crippen LogP contribution < -0.4 is 16.2 Å². The van der Waals surface area contributed by atoms with Crippen LogP contribution in [-0.4, -0.2) is 48.1 Å². The molecule has 0 radical (unpaired) electrons. The van der Waals surface area contributed by atoms with Crippen LogP contribution in [0.15, 0.2) is 24.3 Å². The number of ether oxygens (including phenoxy) is 1. The van der Waals surface area contributed by atoms with Crippen molar-refractivity contribution in [3.8, 4) is 0 Å². The summed E-state index contributed by atoms with van der Waals surface area (Å²) in [6.45, 7) is 2.60. The maximum atomic E-state index is 12.8. The molecule has 1 aliphatic heterocycles. The fourth-order valence-corrected chi connectivity index (χ4v) is 2.33. The molecule has 1 saturated heterocycles. The minimum absolute atomic E-state index is 0.0598. The van der Waals surface area contributed by atoms with Gasteiger partial charge in [0, 0.05) is 32.5 Å². The van der Waals surface area contributed by atoms with Gasteiger partial charge in [0.1, 0.15) is 5.82 Å². The van der Waals surface area contributed by atoms with Crippen LogP contribution in [0, 0.1) is 5.82 Å². The lowest BCUT2D eigenvalue weighted by molar-refractivity contribution is -0.137. The largest absolute Gasteiger partial charge is 0.378 e. The lowest BCUT2D eigenvalue weighted by Crippen LogP contribution is -2.47. The minimum Gasteiger partial charge on any atom is -0.378 e. The number of hydrogen-bond acceptors (Lipinski definition) is 4. The third kappa shape index (κ3) is 7.02. The number of halogens is 1. The van der Waals surface area contributed by atoms with Crippen LogP contribution in [0.5, 0.6) is 0 Å². The molecule has 1 aromatic rings. The first kappa shape index (κ1) is 19.1. The van der Waals surface area contributed by atoms with Crippen LogP contribution in [0.4, 0.5) is 4.39 Å². The highest BCUT2D eigenvalue weighted by molar-refractivity contribution is 7.80. The van der Waals surface area contributed by atoms with Gasteiger partial charge in [-0.25, -0.2) is 4.39 Å². The Morgan fingerprint density at radius 3 is 2.48 bits per heavy atom. The van der Waals surface area contributed by atoms with Gasteiger partial charge < -0.3 is 15.0 Å². The second-order valence-electron chi connectivity index (χ2n) is 5.48. The predicted molar refractivity (Wildman–Crippen MR) is 93.7 cm³/mol. The Kier molecular flexibility index (Phi) is 7.55. The summed E-state index contributed by atoms with van der Waals surface area (Å²) in [5, 5.41) is 3.12. The molecule has 25 heavy (non-hydrogen) atoms. The second kappa shape index (κ2) is 9.90. The van der Waals surface area contributed by atoms with Crippen molar-refractivity contribution in [3.05, 3.63) is 35.6 Å². The van der Waals surface area contributed by atoms with E-state index in [1.54, 1.807) is 17.0 Å². The smallest absolute Gasteiger partial charge is 0.238 e. The van der Waals surface area contributed by atoms with Crippen LogP contribution in [0.3, 0.4) is 0 Å². The van der Waals surface area contributed by atoms with Gasteiger partial charge in [-0.1, -0.05) is 12.1 Å². The first-order valence-corrected chi connectivity index (χ1v) is 8.38. The van der Waals surface area contributed by atoms with Crippen LogP contribution in [0.1, 0.15) is 18.4 Å². The molecule has 2 rings (SSSR count). The maximum absolute atomic E-state index is 12.8. The Hall–Kier alpha value is -2.26. The molecule has 0 saturated carbocycles. The zero-order valence-corrected chi connectivity index (χ0v) is 14.5. The molecule has 136 valence electrons. The van der Waals surface area contributed by atoms with E-state index in [1.165, 1.54) is 12.1 Å². The van der Waals surface area contributed by atoms with Crippen LogP contribution in [0.2, 0.25) is 0 Å². The lowest BCUT2D eigenvalue weighted by atomic mass is 10.2. The third-order valence-corrected chi connectivity index (χ3v) is 3.86. The van der Waals surface area contributed by atoms with Gasteiger partial charge in [-0.05, 0) is 29.9 Å². The molecule has 1 heterocycles. The highest BCUT2D eigenvalue weighted by atomic mass is 32.1. The first-order chi connectivity index (χ1) is 12.0. The number of hydrogen-bond donors (Lipinski definition) is 3. The van der Waals surface area contributed by atoms with Gasteiger partial charge in [0.25, 0.3) is 0 Å². The zero-order chi connectivity index (χ0) is 18.1. The third-order valence-electron chi connectivity index (χ3n) is 3.61. The first-order valence-electron chi connectivity index (χ1n) is 7.97. The number of carbonyl (C=O) groups is 2. The SMILES string of the molecule is O=C(CCC(=O)N1CCOCC1)NNC(=S)NCc1ccc(F)cc1. The fraction of sp³-hybridized carbons (Fsp3) is 0.438. The Morgan fingerprint density at radius 1 is 1.12 bits per heavy atom. The Labute approximate surface area is 150 Å². The number of benzene rings is 1. The van der Waals surface area contributed by atoms with E-state index in [0.29, 0.717) is 32.8 Å². The molecule has 7 nitrogen and oxygen atoms in total. The summed E-state index contributed by atoms with van der Waals surface area (Å²) in [7, 11) is 0. The van der Waals surface area contributed by atoms with Gasteiger partial charge in [-0.3, -0.25) is 20.4 Å². The van der Waals surface area contributed by atoms with E-state index in [1.807, 2.05) is 0 Å². The number of amides is 2. The molecule has 3 N–H and O–H groups in total. The van der Waals surface area contributed by atoms with E-state index in [4.69, 9.17) is 17.0 Å². The normalized spacial score (nSPS) is 13.9. The molecule has 1 fully saturated rings. The molecule has 0 atom stereocenters. The summed E-state index contributed by atoms with van der Waals surface area (Å²) >= 11 is 5.04. The molecule has 9 heteroatoms. The summed E-state index contributed by atoms with van der Waals surface area (Å²) < 4.78 is 18.0.